The molecule has 19 heavy (non-hydrogen) atoms. The maximum absolute atomic E-state index is 13.6. The molecule has 5 heteroatoms. The fourth-order valence-electron chi connectivity index (χ4n) is 2.88. The molecule has 0 amide bonds. The highest BCUT2D eigenvalue weighted by Crippen LogP contribution is 2.50. The topological polar surface area (TPSA) is 46.5 Å². The van der Waals surface area contributed by atoms with Crippen LogP contribution in [0.1, 0.15) is 36.0 Å². The Morgan fingerprint density at radius 1 is 1.32 bits per heavy atom. The van der Waals surface area contributed by atoms with E-state index < -0.39 is 17.3 Å². The van der Waals surface area contributed by atoms with Crippen LogP contribution < -0.4 is 4.74 Å². The van der Waals surface area contributed by atoms with E-state index in [1.165, 1.54) is 6.42 Å². The summed E-state index contributed by atoms with van der Waals surface area (Å²) in [7, 11) is 0. The van der Waals surface area contributed by atoms with Crippen LogP contribution in [0.2, 0.25) is 5.02 Å². The van der Waals surface area contributed by atoms with Gasteiger partial charge < -0.3 is 9.84 Å². The largest absolute Gasteiger partial charge is 0.489 e. The third kappa shape index (κ3) is 2.54. The van der Waals surface area contributed by atoms with Gasteiger partial charge in [0.05, 0.1) is 16.7 Å². The fraction of sp³-hybridized carbons (Fsp3) is 0.500. The van der Waals surface area contributed by atoms with Crippen molar-refractivity contribution in [3.8, 4) is 5.75 Å². The number of carboxylic acids is 1. The zero-order chi connectivity index (χ0) is 13.6. The van der Waals surface area contributed by atoms with Gasteiger partial charge in [0.15, 0.2) is 0 Å². The Labute approximate surface area is 115 Å². The van der Waals surface area contributed by atoms with Gasteiger partial charge in [0.1, 0.15) is 11.6 Å². The highest BCUT2D eigenvalue weighted by Gasteiger charge is 2.42. The molecule has 1 N–H and O–H groups in total. The molecule has 102 valence electrons. The fourth-order valence-corrected chi connectivity index (χ4v) is 3.09. The van der Waals surface area contributed by atoms with Crippen LogP contribution in [0.5, 0.6) is 5.75 Å². The van der Waals surface area contributed by atoms with Gasteiger partial charge in [-0.05, 0) is 43.6 Å². The highest BCUT2D eigenvalue weighted by molar-refractivity contribution is 6.32. The van der Waals surface area contributed by atoms with Crippen molar-refractivity contribution < 1.29 is 19.0 Å². The van der Waals surface area contributed by atoms with Crippen LogP contribution in [-0.4, -0.2) is 17.2 Å². The van der Waals surface area contributed by atoms with Crippen molar-refractivity contribution in [2.45, 2.75) is 31.8 Å². The number of hydrogen-bond donors (Lipinski definition) is 1. The van der Waals surface area contributed by atoms with Crippen molar-refractivity contribution in [3.63, 3.8) is 0 Å². The smallest absolute Gasteiger partial charge is 0.338 e. The summed E-state index contributed by atoms with van der Waals surface area (Å²) >= 11 is 5.96. The SMILES string of the molecule is O=C(O)c1cc(Cl)c(OC2CCC3CC3C2)cc1F. The maximum Gasteiger partial charge on any atom is 0.338 e. The first-order valence-electron chi connectivity index (χ1n) is 6.43. The number of carbonyl (C=O) groups is 1. The zero-order valence-electron chi connectivity index (χ0n) is 10.2. The summed E-state index contributed by atoms with van der Waals surface area (Å²) in [6.45, 7) is 0. The second-order valence-corrected chi connectivity index (χ2v) is 5.78. The molecular formula is C14H14ClFO3. The van der Waals surface area contributed by atoms with Crippen molar-refractivity contribution in [2.75, 3.05) is 0 Å². The van der Waals surface area contributed by atoms with E-state index in [9.17, 15) is 9.18 Å². The van der Waals surface area contributed by atoms with Crippen LogP contribution in [0.3, 0.4) is 0 Å². The maximum atomic E-state index is 13.6. The summed E-state index contributed by atoms with van der Waals surface area (Å²) in [5.74, 6) is -0.285. The Morgan fingerprint density at radius 3 is 2.79 bits per heavy atom. The van der Waals surface area contributed by atoms with E-state index in [0.29, 0.717) is 0 Å². The van der Waals surface area contributed by atoms with Gasteiger partial charge in [-0.2, -0.15) is 0 Å². The van der Waals surface area contributed by atoms with E-state index in [0.717, 1.165) is 43.2 Å². The minimum Gasteiger partial charge on any atom is -0.489 e. The van der Waals surface area contributed by atoms with Crippen molar-refractivity contribution in [1.82, 2.24) is 0 Å². The van der Waals surface area contributed by atoms with E-state index in [1.54, 1.807) is 0 Å². The quantitative estimate of drug-likeness (QED) is 0.919. The number of rotatable bonds is 3. The Balaban J connectivity index is 1.77. The average molecular weight is 285 g/mol. The van der Waals surface area contributed by atoms with Gasteiger partial charge in [-0.25, -0.2) is 9.18 Å². The summed E-state index contributed by atoms with van der Waals surface area (Å²) in [6.07, 6.45) is 4.45. The lowest BCUT2D eigenvalue weighted by molar-refractivity contribution is 0.0691. The highest BCUT2D eigenvalue weighted by atomic mass is 35.5. The normalized spacial score (nSPS) is 28.6. The van der Waals surface area contributed by atoms with Crippen LogP contribution in [-0.2, 0) is 0 Å². The van der Waals surface area contributed by atoms with Gasteiger partial charge in [0.2, 0.25) is 0 Å². The summed E-state index contributed by atoms with van der Waals surface area (Å²) in [5.41, 5.74) is -0.428. The number of benzene rings is 1. The van der Waals surface area contributed by atoms with E-state index in [4.69, 9.17) is 21.4 Å². The van der Waals surface area contributed by atoms with Gasteiger partial charge in [-0.1, -0.05) is 11.6 Å². The van der Waals surface area contributed by atoms with Crippen LogP contribution in [0.4, 0.5) is 4.39 Å². The monoisotopic (exact) mass is 284 g/mol. The van der Waals surface area contributed by atoms with Crippen LogP contribution >= 0.6 is 11.6 Å². The second-order valence-electron chi connectivity index (χ2n) is 5.38. The molecule has 3 unspecified atom stereocenters. The standard InChI is InChI=1S/C14H14ClFO3/c15-11-5-10(14(17)18)12(16)6-13(11)19-9-2-1-7-3-8(7)4-9/h5-9H,1-4H2,(H,17,18). The average Bonchev–Trinajstić information content (AvgIpc) is 3.11. The van der Waals surface area contributed by atoms with Gasteiger partial charge in [-0.3, -0.25) is 0 Å². The number of fused-ring (bicyclic) bond motifs is 1. The Bertz CT molecular complexity index is 532. The molecule has 0 bridgehead atoms. The van der Waals surface area contributed by atoms with Gasteiger partial charge in [-0.15, -0.1) is 0 Å². The summed E-state index contributed by atoms with van der Waals surface area (Å²) < 4.78 is 19.3. The lowest BCUT2D eigenvalue weighted by Gasteiger charge is -2.23. The molecule has 0 radical (unpaired) electrons. The molecule has 2 fully saturated rings. The van der Waals surface area contributed by atoms with Crippen LogP contribution in [0.15, 0.2) is 12.1 Å². The molecule has 0 aromatic heterocycles. The van der Waals surface area contributed by atoms with Gasteiger partial charge >= 0.3 is 5.97 Å². The molecular weight excluding hydrogens is 271 g/mol. The third-order valence-electron chi connectivity index (χ3n) is 4.04. The molecule has 3 atom stereocenters. The summed E-state index contributed by atoms with van der Waals surface area (Å²) in [5, 5.41) is 8.95. The van der Waals surface area contributed by atoms with Crippen molar-refractivity contribution in [3.05, 3.63) is 28.5 Å². The minimum absolute atomic E-state index is 0.0660. The minimum atomic E-state index is -1.33. The molecule has 3 nitrogen and oxygen atoms in total. The Hall–Kier alpha value is -1.29. The first-order valence-corrected chi connectivity index (χ1v) is 6.81. The predicted octanol–water partition coefficient (Wildman–Crippen LogP) is 3.74. The van der Waals surface area contributed by atoms with Crippen LogP contribution in [0.25, 0.3) is 0 Å². The van der Waals surface area contributed by atoms with E-state index in [1.807, 2.05) is 0 Å². The van der Waals surface area contributed by atoms with Crippen molar-refractivity contribution >= 4 is 17.6 Å². The Kier molecular flexibility index (Phi) is 3.13. The van der Waals surface area contributed by atoms with Gasteiger partial charge in [0.25, 0.3) is 0 Å². The number of halogens is 2. The van der Waals surface area contributed by atoms with Crippen molar-refractivity contribution in [1.29, 1.82) is 0 Å². The molecule has 0 aliphatic heterocycles. The first kappa shape index (κ1) is 12.7. The lowest BCUT2D eigenvalue weighted by Crippen LogP contribution is -2.21. The lowest BCUT2D eigenvalue weighted by atomic mass is 9.98. The molecule has 2 aliphatic rings. The first-order chi connectivity index (χ1) is 9.04. The summed E-state index contributed by atoms with van der Waals surface area (Å²) in [6, 6.07) is 2.18. The molecule has 0 spiro atoms. The molecule has 0 heterocycles. The molecule has 1 aromatic carbocycles. The number of ether oxygens (including phenoxy) is 1. The van der Waals surface area contributed by atoms with E-state index in [-0.39, 0.29) is 16.9 Å². The summed E-state index contributed by atoms with van der Waals surface area (Å²) in [4.78, 5) is 10.8. The van der Waals surface area contributed by atoms with E-state index >= 15 is 0 Å². The third-order valence-corrected chi connectivity index (χ3v) is 4.34. The molecule has 2 aliphatic carbocycles. The number of hydrogen-bond acceptors (Lipinski definition) is 2. The van der Waals surface area contributed by atoms with E-state index in [2.05, 4.69) is 0 Å². The molecule has 0 saturated heterocycles. The van der Waals surface area contributed by atoms with Crippen LogP contribution in [0, 0.1) is 17.7 Å². The number of aromatic carboxylic acids is 1. The second kappa shape index (κ2) is 4.67. The predicted molar refractivity (Wildman–Crippen MR) is 68.2 cm³/mol. The Morgan fingerprint density at radius 2 is 2.11 bits per heavy atom. The molecule has 2 saturated carbocycles. The zero-order valence-corrected chi connectivity index (χ0v) is 11.0. The molecule has 3 rings (SSSR count). The molecule has 1 aromatic rings. The number of carboxylic acid groups (broad SMARTS) is 1. The van der Waals surface area contributed by atoms with Gasteiger partial charge in [0, 0.05) is 6.07 Å². The van der Waals surface area contributed by atoms with Crippen molar-refractivity contribution in [2.24, 2.45) is 11.8 Å².